The fourth-order valence-electron chi connectivity index (χ4n) is 12.2. The van der Waals surface area contributed by atoms with Crippen LogP contribution in [0.2, 0.25) is 5.02 Å². The molecule has 4 aromatic carbocycles. The van der Waals surface area contributed by atoms with E-state index in [1.807, 2.05) is 54.6 Å². The molecule has 1 aromatic heterocycles. The Kier molecular flexibility index (Phi) is 12.4. The topological polar surface area (TPSA) is 100 Å². The third kappa shape index (κ3) is 8.74. The zero-order chi connectivity index (χ0) is 46.8. The van der Waals surface area contributed by atoms with Crippen LogP contribution in [0.25, 0.3) is 22.1 Å². The number of ether oxygens (including phenoxy) is 1. The molecule has 5 aromatic rings. The normalized spacial score (nSPS) is 27.4. The Morgan fingerprint density at radius 1 is 0.909 bits per heavy atom. The molecule has 0 saturated heterocycles. The van der Waals surface area contributed by atoms with Gasteiger partial charge in [-0.15, -0.1) is 0 Å². The molecule has 7 atom stereocenters. The van der Waals surface area contributed by atoms with Gasteiger partial charge in [-0.3, -0.25) is 4.79 Å². The predicted octanol–water partition coefficient (Wildman–Crippen LogP) is 13.6. The zero-order valence-electron chi connectivity index (χ0n) is 38.1. The molecule has 1 amide bonds. The number of amides is 1. The van der Waals surface area contributed by atoms with E-state index in [9.17, 15) is 33.0 Å². The Hall–Kier alpha value is -4.90. The van der Waals surface area contributed by atoms with Crippen LogP contribution in [0.4, 0.5) is 18.0 Å². The molecule has 11 rings (SSSR count). The van der Waals surface area contributed by atoms with Gasteiger partial charge in [-0.25, -0.2) is 4.79 Å². The third-order valence-electron chi connectivity index (χ3n) is 16.4. The Morgan fingerprint density at radius 2 is 1.70 bits per heavy atom. The van der Waals surface area contributed by atoms with E-state index in [-0.39, 0.29) is 45.9 Å². The lowest BCUT2D eigenvalue weighted by molar-refractivity contribution is -0.137. The van der Waals surface area contributed by atoms with Crippen LogP contribution < -0.4 is 4.74 Å². The Labute approximate surface area is 390 Å². The number of hydrogen-bond acceptors (Lipinski definition) is 6. The van der Waals surface area contributed by atoms with E-state index in [1.54, 1.807) is 11.0 Å². The van der Waals surface area contributed by atoms with Crippen molar-refractivity contribution in [3.05, 3.63) is 136 Å². The van der Waals surface area contributed by atoms with Gasteiger partial charge in [-0.1, -0.05) is 86.5 Å². The second kappa shape index (κ2) is 17.6. The third-order valence-corrected chi connectivity index (χ3v) is 16.7. The molecule has 7 unspecified atom stereocenters. The van der Waals surface area contributed by atoms with E-state index >= 15 is 0 Å². The summed E-state index contributed by atoms with van der Waals surface area (Å²) in [7, 11) is 0. The first kappa shape index (κ1) is 46.2. The Bertz CT molecular complexity index is 2690. The molecule has 11 heteroatoms. The maximum atomic E-state index is 14.8. The number of hydrogen-bond donors (Lipinski definition) is 2. The fraction of sp³-hybridized carbons (Fsp3) is 0.455. The van der Waals surface area contributed by atoms with Crippen LogP contribution in [0.5, 0.6) is 5.75 Å². The molecular weight excluding hydrogens is 863 g/mol. The van der Waals surface area contributed by atoms with Gasteiger partial charge in [0, 0.05) is 23.1 Å². The van der Waals surface area contributed by atoms with Crippen LogP contribution in [0.1, 0.15) is 124 Å². The molecule has 6 aliphatic carbocycles. The predicted molar refractivity (Wildman–Crippen MR) is 251 cm³/mol. The maximum Gasteiger partial charge on any atom is 0.416 e. The molecule has 1 heterocycles. The minimum Gasteiger partial charge on any atom is -0.453 e. The van der Waals surface area contributed by atoms with Crippen molar-refractivity contribution in [3.63, 3.8) is 0 Å². The molecule has 0 radical (unpaired) electrons. The lowest BCUT2D eigenvalue weighted by Gasteiger charge is -2.60. The number of halogens is 4. The summed E-state index contributed by atoms with van der Waals surface area (Å²) in [6.45, 7) is 9.31. The van der Waals surface area contributed by atoms with Gasteiger partial charge < -0.3 is 24.3 Å². The number of alkyl halides is 3. The van der Waals surface area contributed by atoms with E-state index in [0.717, 1.165) is 59.4 Å². The van der Waals surface area contributed by atoms with Crippen molar-refractivity contribution >= 4 is 34.2 Å². The monoisotopic (exact) mass is 921 g/mol. The van der Waals surface area contributed by atoms with E-state index in [1.165, 1.54) is 12.1 Å². The summed E-state index contributed by atoms with van der Waals surface area (Å²) in [6.07, 6.45) is 3.16. The van der Waals surface area contributed by atoms with Crippen LogP contribution in [0.15, 0.2) is 107 Å². The molecule has 4 bridgehead atoms. The fourth-order valence-corrected chi connectivity index (χ4v) is 12.4. The van der Waals surface area contributed by atoms with Crippen molar-refractivity contribution in [3.8, 4) is 17.1 Å². The summed E-state index contributed by atoms with van der Waals surface area (Å²) in [5.74, 6) is 0.905. The first-order valence-corrected chi connectivity index (χ1v) is 23.9. The lowest BCUT2D eigenvalue weighted by atomic mass is 9.45. The highest BCUT2D eigenvalue weighted by Gasteiger charge is 2.59. The summed E-state index contributed by atoms with van der Waals surface area (Å²) < 4.78 is 53.5. The second-order valence-electron chi connectivity index (χ2n) is 20.6. The van der Waals surface area contributed by atoms with Gasteiger partial charge in [0.25, 0.3) is 0 Å². The van der Waals surface area contributed by atoms with Crippen molar-refractivity contribution in [2.45, 2.75) is 116 Å². The molecule has 2 N–H and O–H groups in total. The number of aliphatic hydroxyl groups excluding tert-OH is 1. The highest BCUT2D eigenvalue weighted by molar-refractivity contribution is 6.33. The molecule has 0 spiro atoms. The van der Waals surface area contributed by atoms with Gasteiger partial charge in [-0.2, -0.15) is 13.2 Å². The molecule has 0 aliphatic heterocycles. The number of furan rings is 1. The summed E-state index contributed by atoms with van der Waals surface area (Å²) >= 11 is 6.39. The average molecular weight is 923 g/mol. The summed E-state index contributed by atoms with van der Waals surface area (Å²) in [5.41, 5.74) is -0.0687. The first-order valence-electron chi connectivity index (χ1n) is 23.5. The number of rotatable bonds is 8. The molecular formula is C55H59ClF3NO6. The first-order chi connectivity index (χ1) is 31.3. The molecule has 6 aliphatic rings. The number of benzene rings is 4. The number of carbonyl (C=O) groups excluding carboxylic acids is 2. The average Bonchev–Trinajstić information content (AvgIpc) is 3.87. The summed E-state index contributed by atoms with van der Waals surface area (Å²) in [4.78, 5) is 31.3. The minimum atomic E-state index is -4.61. The van der Waals surface area contributed by atoms with Crippen LogP contribution in [-0.2, 0) is 12.6 Å². The van der Waals surface area contributed by atoms with Crippen molar-refractivity contribution in [1.29, 1.82) is 0 Å². The maximum absolute atomic E-state index is 14.8. The van der Waals surface area contributed by atoms with Gasteiger partial charge in [0.2, 0.25) is 5.78 Å². The van der Waals surface area contributed by atoms with Crippen LogP contribution >= 0.6 is 11.6 Å². The van der Waals surface area contributed by atoms with E-state index in [2.05, 4.69) is 33.8 Å². The van der Waals surface area contributed by atoms with Gasteiger partial charge in [0.1, 0.15) is 11.5 Å². The number of aliphatic hydroxyl groups is 2. The molecule has 348 valence electrons. The smallest absolute Gasteiger partial charge is 0.416 e. The zero-order valence-corrected chi connectivity index (χ0v) is 38.9. The van der Waals surface area contributed by atoms with Crippen molar-refractivity contribution < 1.29 is 42.1 Å². The van der Waals surface area contributed by atoms with Crippen LogP contribution in [0, 0.1) is 28.6 Å². The second-order valence-corrected chi connectivity index (χ2v) is 21.0. The number of allylic oxidation sites excluding steroid dienone is 2. The van der Waals surface area contributed by atoms with Gasteiger partial charge >= 0.3 is 12.3 Å². The molecule has 4 saturated carbocycles. The lowest BCUT2D eigenvalue weighted by Crippen LogP contribution is -2.58. The summed E-state index contributed by atoms with van der Waals surface area (Å²) in [6, 6.07) is 25.0. The van der Waals surface area contributed by atoms with Crippen LogP contribution in [0.3, 0.4) is 0 Å². The minimum absolute atomic E-state index is 0.00601. The Balaban J connectivity index is 1.09. The summed E-state index contributed by atoms with van der Waals surface area (Å²) in [5, 5.41) is 26.6. The van der Waals surface area contributed by atoms with Gasteiger partial charge in [-0.05, 0) is 171 Å². The van der Waals surface area contributed by atoms with Gasteiger partial charge in [0.15, 0.2) is 5.76 Å². The van der Waals surface area contributed by atoms with E-state index < -0.39 is 40.7 Å². The molecule has 7 nitrogen and oxygen atoms in total. The van der Waals surface area contributed by atoms with Gasteiger partial charge in [0.05, 0.1) is 28.8 Å². The SMILES string of the molecule is CC1=CCCC2(C)C(CCC2(O)CN(CC2CCC3CC2C3(C)C)C(=O)Oc2ccc3ccccc3c2)c2ccc(cc2C(=O)c2ccc(-c3cc(C(F)(F)F)ccc3Cl)o2)CC(O)CC1. The quantitative estimate of drug-likeness (QED) is 0.119. The number of nitrogens with zero attached hydrogens (tertiary/aromatic N) is 1. The highest BCUT2D eigenvalue weighted by atomic mass is 35.5. The number of fused-ring (bicyclic) bond motifs is 11. The standard InChI is InChI=1S/C55H59ClF3NO6/c1-33-8-7-24-53(4)45(42-19-12-34(26-40(61)17-11-33)27-43(42)50(62)49-22-21-48(66-49)44-29-39(55(57,58)59)16-20-47(44)56)23-25-54(53,64)32-60(31-37-13-15-38-30-46(37)52(38,2)3)51(63)65-41-18-14-35-9-5-6-10-36(35)28-41/h5-6,8-10,12,14,16,18-22,27-29,37-38,40,45-46,61,64H,7,11,13,15,17,23-26,30-32H2,1-4H3. The largest absolute Gasteiger partial charge is 0.453 e. The highest BCUT2D eigenvalue weighted by Crippen LogP contribution is 2.62. The molecule has 4 fully saturated rings. The van der Waals surface area contributed by atoms with E-state index in [0.29, 0.717) is 80.2 Å². The van der Waals surface area contributed by atoms with Crippen molar-refractivity contribution in [2.24, 2.45) is 28.6 Å². The van der Waals surface area contributed by atoms with Crippen LogP contribution in [-0.4, -0.2) is 51.8 Å². The molecule has 66 heavy (non-hydrogen) atoms. The number of ketones is 1. The van der Waals surface area contributed by atoms with E-state index in [4.69, 9.17) is 20.8 Å². The van der Waals surface area contributed by atoms with Crippen molar-refractivity contribution in [2.75, 3.05) is 13.1 Å². The number of carbonyl (C=O) groups is 2. The Morgan fingerprint density at radius 3 is 2.45 bits per heavy atom. The van der Waals surface area contributed by atoms with Crippen molar-refractivity contribution in [1.82, 2.24) is 4.90 Å².